The van der Waals surface area contributed by atoms with E-state index in [9.17, 15) is 29.7 Å². The van der Waals surface area contributed by atoms with Crippen LogP contribution in [0.2, 0.25) is 0 Å². The number of carbonyl (C=O) groups excluding carboxylic acids is 3. The highest BCUT2D eigenvalue weighted by atomic mass is 16.5. The zero-order valence-corrected chi connectivity index (χ0v) is 24.7. The van der Waals surface area contributed by atoms with Gasteiger partial charge in [-0.05, 0) is 87.5 Å². The van der Waals surface area contributed by atoms with Crippen molar-refractivity contribution in [3.8, 4) is 0 Å². The standard InChI is InChI=1S/C31H48O7/c1-17(2)14-18(32)16-29(7,36)19-10-12-27(5)20(19)15-21(33)23-28(27,6)13-11-22-26(3,4)24(34)31(37,25(35)38-9)30(22,23)8/h14,19-23,33,36-37H,10-13,15-16H2,1-9H3/t19-,20+,21+,22-,23-,27+,28+,29+,30-,31-/m0/s1. The van der Waals surface area contributed by atoms with Gasteiger partial charge in [0.1, 0.15) is 0 Å². The maximum atomic E-state index is 13.8. The minimum Gasteiger partial charge on any atom is -0.467 e. The van der Waals surface area contributed by atoms with Crippen LogP contribution in [0.15, 0.2) is 11.6 Å². The molecule has 0 spiro atoms. The normalized spacial score (nSPS) is 46.8. The SMILES string of the molecule is COC(=O)[C@@]1(O)C(=O)C(C)(C)[C@@H]2CC[C@]3(C)[C@H]([C@H](O)C[C@@H]4[C@@H]([C@](C)(O)CC(=O)C=C(C)C)CC[C@]43C)[C@]21C. The summed E-state index contributed by atoms with van der Waals surface area (Å²) in [6, 6.07) is 0. The highest BCUT2D eigenvalue weighted by Gasteiger charge is 2.82. The number of hydrogen-bond donors (Lipinski definition) is 3. The Hall–Kier alpha value is -1.57. The molecule has 4 aliphatic carbocycles. The van der Waals surface area contributed by atoms with Crippen LogP contribution in [0.1, 0.15) is 93.9 Å². The largest absolute Gasteiger partial charge is 0.467 e. The van der Waals surface area contributed by atoms with Gasteiger partial charge in [0.15, 0.2) is 11.6 Å². The lowest BCUT2D eigenvalue weighted by atomic mass is 9.37. The molecule has 0 aliphatic heterocycles. The van der Waals surface area contributed by atoms with Gasteiger partial charge in [-0.2, -0.15) is 0 Å². The lowest BCUT2D eigenvalue weighted by Gasteiger charge is -2.68. The molecule has 0 aromatic carbocycles. The molecule has 0 aromatic rings. The topological polar surface area (TPSA) is 121 Å². The van der Waals surface area contributed by atoms with Crippen LogP contribution >= 0.6 is 0 Å². The Labute approximate surface area is 227 Å². The molecule has 0 aromatic heterocycles. The Bertz CT molecular complexity index is 1070. The van der Waals surface area contributed by atoms with Gasteiger partial charge in [0.25, 0.3) is 0 Å². The first-order valence-electron chi connectivity index (χ1n) is 14.2. The number of ketones is 2. The number of esters is 1. The lowest BCUT2D eigenvalue weighted by Crippen LogP contribution is -2.70. The van der Waals surface area contributed by atoms with E-state index in [4.69, 9.17) is 4.74 Å². The van der Waals surface area contributed by atoms with Crippen molar-refractivity contribution in [2.75, 3.05) is 7.11 Å². The first-order valence-corrected chi connectivity index (χ1v) is 14.2. The molecule has 0 saturated heterocycles. The van der Waals surface area contributed by atoms with Crippen LogP contribution < -0.4 is 0 Å². The second-order valence-corrected chi connectivity index (χ2v) is 14.7. The highest BCUT2D eigenvalue weighted by molar-refractivity contribution is 6.12. The number of aliphatic hydroxyl groups is 3. The third-order valence-electron chi connectivity index (χ3n) is 12.3. The Morgan fingerprint density at radius 1 is 1.08 bits per heavy atom. The average molecular weight is 533 g/mol. The number of hydrogen-bond acceptors (Lipinski definition) is 7. The number of rotatable bonds is 5. The quantitative estimate of drug-likeness (QED) is 0.278. The molecular weight excluding hydrogens is 484 g/mol. The average Bonchev–Trinajstić information content (AvgIpc) is 3.19. The molecular formula is C31H48O7. The molecule has 4 aliphatic rings. The summed E-state index contributed by atoms with van der Waals surface area (Å²) >= 11 is 0. The highest BCUT2D eigenvalue weighted by Crippen LogP contribution is 2.77. The van der Waals surface area contributed by atoms with Gasteiger partial charge in [0, 0.05) is 23.2 Å². The molecule has 4 rings (SSSR count). The molecule has 10 atom stereocenters. The lowest BCUT2D eigenvalue weighted by molar-refractivity contribution is -0.255. The number of aliphatic hydroxyl groups excluding tert-OH is 1. The zero-order valence-electron chi connectivity index (χ0n) is 24.7. The summed E-state index contributed by atoms with van der Waals surface area (Å²) in [4.78, 5) is 39.6. The van der Waals surface area contributed by atoms with Crippen molar-refractivity contribution in [2.24, 2.45) is 45.3 Å². The molecule has 38 heavy (non-hydrogen) atoms. The van der Waals surface area contributed by atoms with Crippen molar-refractivity contribution in [1.82, 2.24) is 0 Å². The molecule has 4 saturated carbocycles. The van der Waals surface area contributed by atoms with Crippen LogP contribution in [0.3, 0.4) is 0 Å². The summed E-state index contributed by atoms with van der Waals surface area (Å²) in [6.45, 7) is 15.2. The van der Waals surface area contributed by atoms with Crippen LogP contribution in [0.4, 0.5) is 0 Å². The van der Waals surface area contributed by atoms with Crippen molar-refractivity contribution >= 4 is 17.5 Å². The van der Waals surface area contributed by atoms with E-state index in [0.717, 1.165) is 24.8 Å². The zero-order chi connectivity index (χ0) is 28.9. The Morgan fingerprint density at radius 2 is 1.66 bits per heavy atom. The van der Waals surface area contributed by atoms with Gasteiger partial charge < -0.3 is 20.1 Å². The first kappa shape index (κ1) is 29.4. The maximum absolute atomic E-state index is 13.8. The van der Waals surface area contributed by atoms with E-state index in [1.807, 2.05) is 20.8 Å². The van der Waals surface area contributed by atoms with Crippen molar-refractivity contribution in [1.29, 1.82) is 0 Å². The smallest absolute Gasteiger partial charge is 0.346 e. The number of allylic oxidation sites excluding steroid dienone is 2. The van der Waals surface area contributed by atoms with E-state index in [-0.39, 0.29) is 35.4 Å². The molecule has 0 bridgehead atoms. The van der Waals surface area contributed by atoms with Gasteiger partial charge in [0.05, 0.1) is 18.8 Å². The summed E-state index contributed by atoms with van der Waals surface area (Å²) in [5.41, 5.74) is -5.71. The fourth-order valence-electron chi connectivity index (χ4n) is 10.6. The van der Waals surface area contributed by atoms with E-state index in [1.54, 1.807) is 26.8 Å². The first-order chi connectivity index (χ1) is 17.3. The Morgan fingerprint density at radius 3 is 2.21 bits per heavy atom. The van der Waals surface area contributed by atoms with Gasteiger partial charge in [-0.15, -0.1) is 0 Å². The van der Waals surface area contributed by atoms with Gasteiger partial charge in [-0.25, -0.2) is 4.79 Å². The summed E-state index contributed by atoms with van der Waals surface area (Å²) in [5, 5.41) is 35.6. The molecule has 4 fully saturated rings. The van der Waals surface area contributed by atoms with Crippen LogP contribution in [-0.4, -0.2) is 57.3 Å². The van der Waals surface area contributed by atoms with Crippen LogP contribution in [0, 0.1) is 45.3 Å². The molecule has 0 heterocycles. The fraction of sp³-hybridized carbons (Fsp3) is 0.839. The maximum Gasteiger partial charge on any atom is 0.346 e. The van der Waals surface area contributed by atoms with Crippen LogP contribution in [-0.2, 0) is 19.1 Å². The Balaban J connectivity index is 1.80. The monoisotopic (exact) mass is 532 g/mol. The van der Waals surface area contributed by atoms with Crippen molar-refractivity contribution in [2.45, 2.75) is 111 Å². The van der Waals surface area contributed by atoms with E-state index in [2.05, 4.69) is 13.8 Å². The number of methoxy groups -OCH3 is 1. The van der Waals surface area contributed by atoms with Gasteiger partial charge in [-0.1, -0.05) is 40.2 Å². The van der Waals surface area contributed by atoms with Crippen LogP contribution in [0.25, 0.3) is 0 Å². The number of fused-ring (bicyclic) bond motifs is 5. The van der Waals surface area contributed by atoms with Gasteiger partial charge >= 0.3 is 5.97 Å². The van der Waals surface area contributed by atoms with Crippen molar-refractivity contribution in [3.05, 3.63) is 11.6 Å². The van der Waals surface area contributed by atoms with E-state index in [1.165, 1.54) is 7.11 Å². The van der Waals surface area contributed by atoms with Gasteiger partial charge in [-0.3, -0.25) is 9.59 Å². The third-order valence-corrected chi connectivity index (χ3v) is 12.3. The summed E-state index contributed by atoms with van der Waals surface area (Å²) in [6.07, 6.45) is 3.97. The van der Waals surface area contributed by atoms with Crippen LogP contribution in [0.5, 0.6) is 0 Å². The Kier molecular flexibility index (Phi) is 6.74. The number of carbonyl (C=O) groups is 3. The second kappa shape index (κ2) is 8.71. The second-order valence-electron chi connectivity index (χ2n) is 14.7. The molecule has 0 amide bonds. The number of Topliss-reactive ketones (excluding diaryl/α,β-unsaturated/α-hetero) is 1. The minimum atomic E-state index is -2.35. The predicted octanol–water partition coefficient (Wildman–Crippen LogP) is 4.01. The molecule has 3 N–H and O–H groups in total. The number of ether oxygens (including phenoxy) is 1. The van der Waals surface area contributed by atoms with E-state index in [0.29, 0.717) is 12.8 Å². The molecule has 0 unspecified atom stereocenters. The van der Waals surface area contributed by atoms with E-state index >= 15 is 0 Å². The molecule has 214 valence electrons. The minimum absolute atomic E-state index is 0.0240. The van der Waals surface area contributed by atoms with Crippen molar-refractivity contribution < 1.29 is 34.4 Å². The summed E-state index contributed by atoms with van der Waals surface area (Å²) in [5.74, 6) is -2.65. The summed E-state index contributed by atoms with van der Waals surface area (Å²) < 4.78 is 5.04. The third kappa shape index (κ3) is 3.46. The molecule has 7 nitrogen and oxygen atoms in total. The summed E-state index contributed by atoms with van der Waals surface area (Å²) in [7, 11) is 1.19. The van der Waals surface area contributed by atoms with Crippen molar-refractivity contribution in [3.63, 3.8) is 0 Å². The molecule has 7 heteroatoms. The molecule has 0 radical (unpaired) electrons. The fourth-order valence-corrected chi connectivity index (χ4v) is 10.6. The van der Waals surface area contributed by atoms with E-state index < -0.39 is 51.2 Å². The van der Waals surface area contributed by atoms with Gasteiger partial charge in [0.2, 0.25) is 5.60 Å². The predicted molar refractivity (Wildman–Crippen MR) is 143 cm³/mol.